The summed E-state index contributed by atoms with van der Waals surface area (Å²) >= 11 is 0. The molecule has 2 rings (SSSR count). The summed E-state index contributed by atoms with van der Waals surface area (Å²) in [4.78, 5) is 29.2. The Bertz CT molecular complexity index is 739. The molecule has 0 aromatic heterocycles. The molecule has 0 amide bonds. The Labute approximate surface area is 179 Å². The quantitative estimate of drug-likeness (QED) is 0.588. The van der Waals surface area contributed by atoms with Crippen molar-refractivity contribution in [3.05, 3.63) is 71.8 Å². The standard InChI is InChI=1S/C24H32N2O4/c1-17(25(3)4)23(27)29-21(19-13-9-7-10-14-19)22(20-15-11-8-12-16-20)30-24(28)18(2)26(5)6/h7-18,21-22H,1-6H3/t17-,18-,21-,22-/m0/s1. The molecule has 6 heteroatoms. The van der Waals surface area contributed by atoms with E-state index in [2.05, 4.69) is 0 Å². The predicted molar refractivity (Wildman–Crippen MR) is 117 cm³/mol. The zero-order valence-corrected chi connectivity index (χ0v) is 18.6. The third-order valence-electron chi connectivity index (χ3n) is 5.25. The molecular formula is C24H32N2O4. The first-order valence-electron chi connectivity index (χ1n) is 10.1. The normalized spacial score (nSPS) is 15.3. The van der Waals surface area contributed by atoms with Crippen LogP contribution >= 0.6 is 0 Å². The van der Waals surface area contributed by atoms with Crippen LogP contribution in [0.4, 0.5) is 0 Å². The molecule has 30 heavy (non-hydrogen) atoms. The highest BCUT2D eigenvalue weighted by atomic mass is 16.6. The maximum Gasteiger partial charge on any atom is 0.323 e. The van der Waals surface area contributed by atoms with Gasteiger partial charge in [0.05, 0.1) is 0 Å². The van der Waals surface area contributed by atoms with E-state index < -0.39 is 24.3 Å². The lowest BCUT2D eigenvalue weighted by atomic mass is 9.97. The minimum absolute atomic E-state index is 0.383. The monoisotopic (exact) mass is 412 g/mol. The van der Waals surface area contributed by atoms with E-state index in [1.54, 1.807) is 23.6 Å². The number of carbonyl (C=O) groups is 2. The van der Waals surface area contributed by atoms with Crippen LogP contribution in [0, 0.1) is 0 Å². The molecule has 0 N–H and O–H groups in total. The largest absolute Gasteiger partial charge is 0.452 e. The van der Waals surface area contributed by atoms with Crippen LogP contribution in [0.25, 0.3) is 0 Å². The zero-order chi connectivity index (χ0) is 22.3. The number of benzene rings is 2. The van der Waals surface area contributed by atoms with Gasteiger partial charge in [-0.1, -0.05) is 60.7 Å². The van der Waals surface area contributed by atoms with Crippen molar-refractivity contribution in [2.75, 3.05) is 28.2 Å². The van der Waals surface area contributed by atoms with Crippen LogP contribution in [0.5, 0.6) is 0 Å². The van der Waals surface area contributed by atoms with Gasteiger partial charge in [-0.05, 0) is 53.2 Å². The predicted octanol–water partition coefficient (Wildman–Crippen LogP) is 3.46. The second-order valence-corrected chi connectivity index (χ2v) is 7.82. The zero-order valence-electron chi connectivity index (χ0n) is 18.6. The SMILES string of the molecule is C[C@@H](C(=O)O[C@@H](c1ccccc1)[C@@H](OC(=O)[C@H](C)N(C)C)c1ccccc1)N(C)C. The lowest BCUT2D eigenvalue weighted by molar-refractivity contribution is -0.175. The molecule has 0 aliphatic carbocycles. The molecule has 4 atom stereocenters. The Morgan fingerprint density at radius 3 is 1.20 bits per heavy atom. The maximum absolute atomic E-state index is 12.8. The molecule has 2 aromatic rings. The minimum atomic E-state index is -0.776. The highest BCUT2D eigenvalue weighted by Crippen LogP contribution is 2.36. The van der Waals surface area contributed by atoms with E-state index in [0.717, 1.165) is 11.1 Å². The molecule has 2 aromatic carbocycles. The summed E-state index contributed by atoms with van der Waals surface area (Å²) in [6.07, 6.45) is -1.55. The molecule has 0 unspecified atom stereocenters. The smallest absolute Gasteiger partial charge is 0.323 e. The summed E-state index contributed by atoms with van der Waals surface area (Å²) in [6, 6.07) is 17.9. The lowest BCUT2D eigenvalue weighted by Crippen LogP contribution is -2.38. The van der Waals surface area contributed by atoms with Crippen molar-refractivity contribution >= 4 is 11.9 Å². The summed E-state index contributed by atoms with van der Waals surface area (Å²) in [5.41, 5.74) is 1.52. The minimum Gasteiger partial charge on any atom is -0.452 e. The van der Waals surface area contributed by atoms with E-state index in [9.17, 15) is 9.59 Å². The van der Waals surface area contributed by atoms with Crippen molar-refractivity contribution in [2.45, 2.75) is 38.1 Å². The van der Waals surface area contributed by atoms with Crippen molar-refractivity contribution in [3.63, 3.8) is 0 Å². The molecule has 0 spiro atoms. The number of hydrogen-bond donors (Lipinski definition) is 0. The van der Waals surface area contributed by atoms with Crippen LogP contribution in [-0.2, 0) is 19.1 Å². The maximum atomic E-state index is 12.8. The van der Waals surface area contributed by atoms with Gasteiger partial charge >= 0.3 is 11.9 Å². The van der Waals surface area contributed by atoms with Gasteiger partial charge in [-0.2, -0.15) is 0 Å². The van der Waals surface area contributed by atoms with Crippen molar-refractivity contribution in [2.24, 2.45) is 0 Å². The Kier molecular flexibility index (Phi) is 8.57. The molecule has 0 heterocycles. The third-order valence-corrected chi connectivity index (χ3v) is 5.25. The molecule has 0 aliphatic heterocycles. The van der Waals surface area contributed by atoms with Crippen LogP contribution in [0.1, 0.15) is 37.2 Å². The van der Waals surface area contributed by atoms with Gasteiger partial charge in [-0.15, -0.1) is 0 Å². The summed E-state index contributed by atoms with van der Waals surface area (Å²) in [5, 5.41) is 0. The molecular weight excluding hydrogens is 380 g/mol. The van der Waals surface area contributed by atoms with Crippen molar-refractivity contribution in [1.29, 1.82) is 0 Å². The fourth-order valence-electron chi connectivity index (χ4n) is 2.76. The van der Waals surface area contributed by atoms with E-state index in [1.807, 2.05) is 88.9 Å². The van der Waals surface area contributed by atoms with E-state index >= 15 is 0 Å². The first-order valence-corrected chi connectivity index (χ1v) is 10.1. The van der Waals surface area contributed by atoms with E-state index in [0.29, 0.717) is 0 Å². The fraction of sp³-hybridized carbons (Fsp3) is 0.417. The average Bonchev–Trinajstić information content (AvgIpc) is 2.75. The molecule has 0 saturated heterocycles. The van der Waals surface area contributed by atoms with Crippen LogP contribution in [0.3, 0.4) is 0 Å². The van der Waals surface area contributed by atoms with Gasteiger partial charge in [0.1, 0.15) is 12.1 Å². The molecule has 6 nitrogen and oxygen atoms in total. The Balaban J connectivity index is 2.46. The molecule has 0 saturated carbocycles. The summed E-state index contributed by atoms with van der Waals surface area (Å²) in [6.45, 7) is 3.56. The first-order chi connectivity index (χ1) is 14.2. The highest BCUT2D eigenvalue weighted by molar-refractivity contribution is 5.76. The number of carbonyl (C=O) groups excluding carboxylic acids is 2. The van der Waals surface area contributed by atoms with Crippen molar-refractivity contribution in [1.82, 2.24) is 9.80 Å². The number of ether oxygens (including phenoxy) is 2. The van der Waals surface area contributed by atoms with Gasteiger partial charge in [-0.25, -0.2) is 0 Å². The molecule has 162 valence electrons. The number of nitrogens with zero attached hydrogens (tertiary/aromatic N) is 2. The van der Waals surface area contributed by atoms with E-state index in [4.69, 9.17) is 9.47 Å². The lowest BCUT2D eigenvalue weighted by Gasteiger charge is -2.31. The molecule has 0 fully saturated rings. The van der Waals surface area contributed by atoms with Crippen LogP contribution in [0.15, 0.2) is 60.7 Å². The molecule has 0 radical (unpaired) electrons. The van der Waals surface area contributed by atoms with Gasteiger partial charge in [-0.3, -0.25) is 19.4 Å². The molecule has 0 bridgehead atoms. The van der Waals surface area contributed by atoms with E-state index in [-0.39, 0.29) is 11.9 Å². The highest BCUT2D eigenvalue weighted by Gasteiger charge is 2.34. The van der Waals surface area contributed by atoms with Gasteiger partial charge in [0.25, 0.3) is 0 Å². The van der Waals surface area contributed by atoms with Crippen LogP contribution < -0.4 is 0 Å². The second kappa shape index (κ2) is 10.9. The van der Waals surface area contributed by atoms with E-state index in [1.165, 1.54) is 0 Å². The van der Waals surface area contributed by atoms with Crippen molar-refractivity contribution < 1.29 is 19.1 Å². The number of rotatable bonds is 9. The first kappa shape index (κ1) is 23.6. The number of likely N-dealkylation sites (N-methyl/N-ethyl adjacent to an activating group) is 2. The summed E-state index contributed by atoms with van der Waals surface area (Å²) in [5.74, 6) is -0.766. The van der Waals surface area contributed by atoms with Gasteiger partial charge in [0.2, 0.25) is 0 Å². The summed E-state index contributed by atoms with van der Waals surface area (Å²) in [7, 11) is 7.27. The van der Waals surface area contributed by atoms with Crippen molar-refractivity contribution in [3.8, 4) is 0 Å². The fourth-order valence-corrected chi connectivity index (χ4v) is 2.76. The topological polar surface area (TPSA) is 59.1 Å². The number of hydrogen-bond acceptors (Lipinski definition) is 6. The molecule has 0 aliphatic rings. The second-order valence-electron chi connectivity index (χ2n) is 7.82. The average molecular weight is 413 g/mol. The Hall–Kier alpha value is -2.70. The number of esters is 2. The van der Waals surface area contributed by atoms with Crippen LogP contribution in [-0.4, -0.2) is 62.0 Å². The van der Waals surface area contributed by atoms with Gasteiger partial charge < -0.3 is 9.47 Å². The van der Waals surface area contributed by atoms with Gasteiger partial charge in [0, 0.05) is 0 Å². The Morgan fingerprint density at radius 2 is 0.933 bits per heavy atom. The summed E-state index contributed by atoms with van der Waals surface area (Å²) < 4.78 is 11.9. The third kappa shape index (κ3) is 6.15. The van der Waals surface area contributed by atoms with Crippen LogP contribution in [0.2, 0.25) is 0 Å². The Morgan fingerprint density at radius 1 is 0.633 bits per heavy atom. The van der Waals surface area contributed by atoms with Gasteiger partial charge in [0.15, 0.2) is 12.2 Å².